The van der Waals surface area contributed by atoms with Crippen molar-refractivity contribution in [2.24, 2.45) is 0 Å². The molecule has 0 aliphatic rings. The van der Waals surface area contributed by atoms with Gasteiger partial charge in [0, 0.05) is 12.6 Å². The summed E-state index contributed by atoms with van der Waals surface area (Å²) >= 11 is 0. The van der Waals surface area contributed by atoms with E-state index in [1.54, 1.807) is 0 Å². The molecular formula is C12H11F2NO3. The zero-order chi connectivity index (χ0) is 13.7. The van der Waals surface area contributed by atoms with Crippen LogP contribution in [-0.2, 0) is 4.79 Å². The van der Waals surface area contributed by atoms with Crippen LogP contribution in [0.15, 0.2) is 30.9 Å². The predicted molar refractivity (Wildman–Crippen MR) is 60.1 cm³/mol. The fourth-order valence-electron chi connectivity index (χ4n) is 1.37. The molecule has 0 atom stereocenters. The van der Waals surface area contributed by atoms with E-state index in [9.17, 15) is 18.4 Å². The SMILES string of the molecule is C=CCN(CC(=O)O)C(=O)c1ccc(F)cc1F. The molecule has 1 amide bonds. The van der Waals surface area contributed by atoms with E-state index in [2.05, 4.69) is 6.58 Å². The first-order chi connectivity index (χ1) is 8.45. The van der Waals surface area contributed by atoms with E-state index in [0.29, 0.717) is 6.07 Å². The van der Waals surface area contributed by atoms with Gasteiger partial charge in [-0.1, -0.05) is 6.08 Å². The number of nitrogens with zero attached hydrogens (tertiary/aromatic N) is 1. The summed E-state index contributed by atoms with van der Waals surface area (Å²) < 4.78 is 26.1. The van der Waals surface area contributed by atoms with Gasteiger partial charge >= 0.3 is 5.97 Å². The first-order valence-corrected chi connectivity index (χ1v) is 5.02. The second-order valence-corrected chi connectivity index (χ2v) is 3.49. The van der Waals surface area contributed by atoms with Gasteiger partial charge in [0.1, 0.15) is 18.2 Å². The van der Waals surface area contributed by atoms with Gasteiger partial charge in [0.05, 0.1) is 5.56 Å². The van der Waals surface area contributed by atoms with Gasteiger partial charge in [-0.3, -0.25) is 9.59 Å². The van der Waals surface area contributed by atoms with Crippen LogP contribution in [0.5, 0.6) is 0 Å². The summed E-state index contributed by atoms with van der Waals surface area (Å²) in [5.74, 6) is -3.89. The molecule has 0 unspecified atom stereocenters. The van der Waals surface area contributed by atoms with E-state index in [1.807, 2.05) is 0 Å². The van der Waals surface area contributed by atoms with E-state index in [-0.39, 0.29) is 12.1 Å². The molecule has 0 radical (unpaired) electrons. The van der Waals surface area contributed by atoms with E-state index >= 15 is 0 Å². The molecule has 6 heteroatoms. The standard InChI is InChI=1S/C12H11F2NO3/c1-2-5-15(7-11(16)17)12(18)9-4-3-8(13)6-10(9)14/h2-4,6H,1,5,7H2,(H,16,17). The molecule has 0 aliphatic heterocycles. The topological polar surface area (TPSA) is 57.6 Å². The van der Waals surface area contributed by atoms with Crippen molar-refractivity contribution in [2.45, 2.75) is 0 Å². The maximum Gasteiger partial charge on any atom is 0.323 e. The Morgan fingerprint density at radius 2 is 2.06 bits per heavy atom. The third-order valence-corrected chi connectivity index (χ3v) is 2.12. The van der Waals surface area contributed by atoms with Gasteiger partial charge in [-0.2, -0.15) is 0 Å². The quantitative estimate of drug-likeness (QED) is 0.814. The fourth-order valence-corrected chi connectivity index (χ4v) is 1.37. The number of halogens is 2. The van der Waals surface area contributed by atoms with Crippen molar-refractivity contribution in [3.8, 4) is 0 Å². The van der Waals surface area contributed by atoms with Gasteiger partial charge in [-0.05, 0) is 12.1 Å². The van der Waals surface area contributed by atoms with Crippen LogP contribution in [0.2, 0.25) is 0 Å². The molecular weight excluding hydrogens is 244 g/mol. The minimum Gasteiger partial charge on any atom is -0.480 e. The summed E-state index contributed by atoms with van der Waals surface area (Å²) in [4.78, 5) is 23.3. The maximum atomic E-state index is 13.4. The summed E-state index contributed by atoms with van der Waals surface area (Å²) in [7, 11) is 0. The van der Waals surface area contributed by atoms with Gasteiger partial charge < -0.3 is 10.0 Å². The van der Waals surface area contributed by atoms with Crippen molar-refractivity contribution in [3.05, 3.63) is 48.1 Å². The highest BCUT2D eigenvalue weighted by atomic mass is 19.1. The molecule has 0 aliphatic carbocycles. The Balaban J connectivity index is 3.01. The molecule has 0 bridgehead atoms. The first-order valence-electron chi connectivity index (χ1n) is 5.02. The number of hydrogen-bond acceptors (Lipinski definition) is 2. The summed E-state index contributed by atoms with van der Waals surface area (Å²) in [6, 6.07) is 2.48. The normalized spacial score (nSPS) is 9.89. The Morgan fingerprint density at radius 3 is 2.56 bits per heavy atom. The van der Waals surface area contributed by atoms with Crippen LogP contribution in [0.4, 0.5) is 8.78 Å². The Kier molecular flexibility index (Phi) is 4.53. The van der Waals surface area contributed by atoms with Crippen molar-refractivity contribution in [3.63, 3.8) is 0 Å². The third-order valence-electron chi connectivity index (χ3n) is 2.12. The predicted octanol–water partition coefficient (Wildman–Crippen LogP) is 1.68. The molecule has 1 N–H and O–H groups in total. The fraction of sp³-hybridized carbons (Fsp3) is 0.167. The lowest BCUT2D eigenvalue weighted by Gasteiger charge is -2.19. The number of carbonyl (C=O) groups is 2. The van der Waals surface area contributed by atoms with Crippen LogP contribution >= 0.6 is 0 Å². The first kappa shape index (κ1) is 13.8. The largest absolute Gasteiger partial charge is 0.480 e. The molecule has 96 valence electrons. The van der Waals surface area contributed by atoms with Gasteiger partial charge in [-0.25, -0.2) is 8.78 Å². The average Bonchev–Trinajstić information content (AvgIpc) is 2.27. The molecule has 1 aromatic rings. The Morgan fingerprint density at radius 1 is 1.39 bits per heavy atom. The van der Waals surface area contributed by atoms with Crippen molar-refractivity contribution in [1.29, 1.82) is 0 Å². The third kappa shape index (κ3) is 3.38. The van der Waals surface area contributed by atoms with Crippen molar-refractivity contribution >= 4 is 11.9 Å². The van der Waals surface area contributed by atoms with Crippen molar-refractivity contribution in [2.75, 3.05) is 13.1 Å². The second kappa shape index (κ2) is 5.90. The summed E-state index contributed by atoms with van der Waals surface area (Å²) in [5.41, 5.74) is -0.375. The maximum absolute atomic E-state index is 13.4. The number of carboxylic acids is 1. The molecule has 1 aromatic carbocycles. The van der Waals surface area contributed by atoms with Crippen LogP contribution in [0.1, 0.15) is 10.4 Å². The summed E-state index contributed by atoms with van der Waals surface area (Å²) in [5, 5.41) is 8.64. The van der Waals surface area contributed by atoms with Crippen LogP contribution in [0, 0.1) is 11.6 Å². The zero-order valence-corrected chi connectivity index (χ0v) is 9.40. The lowest BCUT2D eigenvalue weighted by Crippen LogP contribution is -2.36. The van der Waals surface area contributed by atoms with Crippen LogP contribution in [0.25, 0.3) is 0 Å². The average molecular weight is 255 g/mol. The van der Waals surface area contributed by atoms with E-state index < -0.39 is 30.1 Å². The Bertz CT molecular complexity index is 488. The van der Waals surface area contributed by atoms with Gasteiger partial charge in [0.2, 0.25) is 0 Å². The van der Waals surface area contributed by atoms with Crippen molar-refractivity contribution in [1.82, 2.24) is 4.90 Å². The molecule has 4 nitrogen and oxygen atoms in total. The summed E-state index contributed by atoms with van der Waals surface area (Å²) in [6.45, 7) is 2.76. The number of rotatable bonds is 5. The van der Waals surface area contributed by atoms with Crippen LogP contribution in [0.3, 0.4) is 0 Å². The highest BCUT2D eigenvalue weighted by Crippen LogP contribution is 2.12. The number of carbonyl (C=O) groups excluding carboxylic acids is 1. The number of hydrogen-bond donors (Lipinski definition) is 1. The Labute approximate surface area is 102 Å². The second-order valence-electron chi connectivity index (χ2n) is 3.49. The van der Waals surface area contributed by atoms with Gasteiger partial charge in [0.25, 0.3) is 5.91 Å². The smallest absolute Gasteiger partial charge is 0.323 e. The summed E-state index contributed by atoms with van der Waals surface area (Å²) in [6.07, 6.45) is 1.32. The molecule has 1 rings (SSSR count). The molecule has 0 spiro atoms. The van der Waals surface area contributed by atoms with E-state index in [1.165, 1.54) is 6.08 Å². The minimum atomic E-state index is -1.23. The molecule has 0 aromatic heterocycles. The highest BCUT2D eigenvalue weighted by Gasteiger charge is 2.20. The molecule has 18 heavy (non-hydrogen) atoms. The molecule has 0 fully saturated rings. The van der Waals surface area contributed by atoms with E-state index in [0.717, 1.165) is 17.0 Å². The van der Waals surface area contributed by atoms with Gasteiger partial charge in [0.15, 0.2) is 0 Å². The number of carboxylic acid groups (broad SMARTS) is 1. The monoisotopic (exact) mass is 255 g/mol. The molecule has 0 saturated carbocycles. The van der Waals surface area contributed by atoms with Gasteiger partial charge in [-0.15, -0.1) is 6.58 Å². The molecule has 0 heterocycles. The zero-order valence-electron chi connectivity index (χ0n) is 9.40. The van der Waals surface area contributed by atoms with Crippen molar-refractivity contribution < 1.29 is 23.5 Å². The minimum absolute atomic E-state index is 0.0397. The van der Waals surface area contributed by atoms with Crippen LogP contribution in [-0.4, -0.2) is 35.0 Å². The Hall–Kier alpha value is -2.24. The van der Waals surface area contributed by atoms with E-state index in [4.69, 9.17) is 5.11 Å². The highest BCUT2D eigenvalue weighted by molar-refractivity contribution is 5.96. The number of amides is 1. The lowest BCUT2D eigenvalue weighted by molar-refractivity contribution is -0.137. The lowest BCUT2D eigenvalue weighted by atomic mass is 10.1. The number of benzene rings is 1. The molecule has 0 saturated heterocycles. The number of aliphatic carboxylic acids is 1. The van der Waals surface area contributed by atoms with Crippen LogP contribution < -0.4 is 0 Å².